The van der Waals surface area contributed by atoms with Gasteiger partial charge in [-0.25, -0.2) is 4.98 Å². The van der Waals surface area contributed by atoms with E-state index in [1.165, 1.54) is 19.3 Å². The van der Waals surface area contributed by atoms with Crippen LogP contribution >= 0.6 is 0 Å². The molecule has 2 heterocycles. The maximum atomic E-state index is 12.5. The van der Waals surface area contributed by atoms with Crippen LogP contribution in [0.1, 0.15) is 49.4 Å². The predicted octanol–water partition coefficient (Wildman–Crippen LogP) is 2.12. The quantitative estimate of drug-likeness (QED) is 0.904. The van der Waals surface area contributed by atoms with Gasteiger partial charge in [0.1, 0.15) is 0 Å². The number of carbonyl (C=O) groups is 1. The number of carbonyl (C=O) groups excluding carboxylic acids is 1. The molecule has 6 nitrogen and oxygen atoms in total. The van der Waals surface area contributed by atoms with Crippen molar-refractivity contribution in [1.29, 1.82) is 0 Å². The van der Waals surface area contributed by atoms with Crippen molar-refractivity contribution in [3.8, 4) is 0 Å². The van der Waals surface area contributed by atoms with Gasteiger partial charge in [-0.1, -0.05) is 19.8 Å². The molecule has 1 amide bonds. The van der Waals surface area contributed by atoms with Gasteiger partial charge in [-0.3, -0.25) is 19.4 Å². The highest BCUT2D eigenvalue weighted by molar-refractivity contribution is 5.84. The molecule has 6 heteroatoms. The average Bonchev–Trinajstić information content (AvgIpc) is 2.80. The zero-order valence-electron chi connectivity index (χ0n) is 14.9. The van der Waals surface area contributed by atoms with Crippen molar-refractivity contribution in [1.82, 2.24) is 20.1 Å². The number of amides is 1. The molecule has 0 aliphatic heterocycles. The van der Waals surface area contributed by atoms with Gasteiger partial charge in [0.05, 0.1) is 11.8 Å². The van der Waals surface area contributed by atoms with Crippen LogP contribution in [0.15, 0.2) is 4.79 Å². The molecule has 130 valence electrons. The molecule has 0 bridgehead atoms. The highest BCUT2D eigenvalue weighted by Crippen LogP contribution is 2.24. The molecule has 1 aliphatic carbocycles. The van der Waals surface area contributed by atoms with Crippen LogP contribution in [0.25, 0.3) is 11.0 Å². The molecule has 0 saturated heterocycles. The van der Waals surface area contributed by atoms with Gasteiger partial charge in [-0.05, 0) is 43.7 Å². The van der Waals surface area contributed by atoms with Gasteiger partial charge in [0, 0.05) is 18.8 Å². The Bertz CT molecular complexity index is 834. The van der Waals surface area contributed by atoms with E-state index in [1.807, 2.05) is 13.8 Å². The minimum absolute atomic E-state index is 0.0217. The number of fused-ring (bicyclic) bond motifs is 1. The number of H-pyrrole nitrogens is 1. The fraction of sp³-hybridized carbons (Fsp3) is 0.611. The Kier molecular flexibility index (Phi) is 4.47. The molecule has 0 unspecified atom stereocenters. The Hall–Kier alpha value is -2.11. The lowest BCUT2D eigenvalue weighted by Crippen LogP contribution is -2.41. The standard InChI is InChI=1S/C18H26N4O2/c1-10-7-5-6-8-14(10)20-15(23)9-13-11(2)16-17(19-12(13)3)22(4)21-18(16)24/h10,14H,5-9H2,1-4H3,(H,20,23)(H,21,24)/t10-,14+/m1/s1. The van der Waals surface area contributed by atoms with E-state index >= 15 is 0 Å². The van der Waals surface area contributed by atoms with Crippen LogP contribution < -0.4 is 10.9 Å². The number of nitrogens with one attached hydrogen (secondary N) is 2. The number of aryl methyl sites for hydroxylation is 3. The fourth-order valence-electron chi connectivity index (χ4n) is 3.86. The number of pyridine rings is 1. The average molecular weight is 330 g/mol. The largest absolute Gasteiger partial charge is 0.353 e. The molecule has 2 atom stereocenters. The summed E-state index contributed by atoms with van der Waals surface area (Å²) in [4.78, 5) is 29.2. The van der Waals surface area contributed by atoms with Gasteiger partial charge in [-0.2, -0.15) is 0 Å². The third kappa shape index (κ3) is 2.97. The normalized spacial score (nSPS) is 21.2. The zero-order valence-corrected chi connectivity index (χ0v) is 14.9. The number of nitrogens with zero attached hydrogens (tertiary/aromatic N) is 2. The Morgan fingerprint density at radius 3 is 2.75 bits per heavy atom. The van der Waals surface area contributed by atoms with Gasteiger partial charge in [0.2, 0.25) is 5.91 Å². The zero-order chi connectivity index (χ0) is 17.4. The molecule has 24 heavy (non-hydrogen) atoms. The van der Waals surface area contributed by atoms with E-state index in [1.54, 1.807) is 11.7 Å². The summed E-state index contributed by atoms with van der Waals surface area (Å²) in [7, 11) is 1.77. The second-order valence-corrected chi connectivity index (χ2v) is 7.11. The number of hydrogen-bond donors (Lipinski definition) is 2. The van der Waals surface area contributed by atoms with Crippen molar-refractivity contribution in [2.45, 2.75) is 58.9 Å². The Morgan fingerprint density at radius 2 is 2.04 bits per heavy atom. The molecule has 2 aromatic heterocycles. The second kappa shape index (κ2) is 6.42. The van der Waals surface area contributed by atoms with Crippen LogP contribution in [0.4, 0.5) is 0 Å². The Morgan fingerprint density at radius 1 is 1.33 bits per heavy atom. The summed E-state index contributed by atoms with van der Waals surface area (Å²) in [6, 6.07) is 0.267. The van der Waals surface area contributed by atoms with Crippen molar-refractivity contribution < 1.29 is 4.79 Å². The van der Waals surface area contributed by atoms with Crippen LogP contribution in [0.3, 0.4) is 0 Å². The molecular formula is C18H26N4O2. The first-order chi connectivity index (χ1) is 11.4. The topological polar surface area (TPSA) is 79.8 Å². The fourth-order valence-corrected chi connectivity index (χ4v) is 3.86. The van der Waals surface area contributed by atoms with Gasteiger partial charge in [-0.15, -0.1) is 0 Å². The lowest BCUT2D eigenvalue weighted by atomic mass is 9.86. The van der Waals surface area contributed by atoms with Crippen LogP contribution in [0, 0.1) is 19.8 Å². The second-order valence-electron chi connectivity index (χ2n) is 7.11. The van der Waals surface area contributed by atoms with E-state index in [9.17, 15) is 9.59 Å². The Labute approximate surface area is 141 Å². The summed E-state index contributed by atoms with van der Waals surface area (Å²) in [5.74, 6) is 0.552. The number of rotatable bonds is 3. The summed E-state index contributed by atoms with van der Waals surface area (Å²) in [6.45, 7) is 6.01. The highest BCUT2D eigenvalue weighted by Gasteiger charge is 2.24. The maximum Gasteiger partial charge on any atom is 0.273 e. The molecule has 2 aromatic rings. The molecule has 0 radical (unpaired) electrons. The summed E-state index contributed by atoms with van der Waals surface area (Å²) >= 11 is 0. The molecule has 0 spiro atoms. The van der Waals surface area contributed by atoms with Crippen molar-refractivity contribution >= 4 is 16.9 Å². The van der Waals surface area contributed by atoms with E-state index in [2.05, 4.69) is 22.3 Å². The van der Waals surface area contributed by atoms with Crippen molar-refractivity contribution in [3.63, 3.8) is 0 Å². The van der Waals surface area contributed by atoms with Crippen molar-refractivity contribution in [2.75, 3.05) is 0 Å². The third-order valence-electron chi connectivity index (χ3n) is 5.37. The summed E-state index contributed by atoms with van der Waals surface area (Å²) < 4.78 is 1.63. The molecular weight excluding hydrogens is 304 g/mol. The SMILES string of the molecule is Cc1nc2c(c(C)c1CC(=O)N[C@H]1CCCC[C@H]1C)c(=O)[nH]n2C. The van der Waals surface area contributed by atoms with E-state index in [-0.39, 0.29) is 23.9 Å². The smallest absolute Gasteiger partial charge is 0.273 e. The lowest BCUT2D eigenvalue weighted by Gasteiger charge is -2.29. The Balaban J connectivity index is 1.85. The van der Waals surface area contributed by atoms with Crippen LogP contribution in [0.5, 0.6) is 0 Å². The minimum Gasteiger partial charge on any atom is -0.353 e. The maximum absolute atomic E-state index is 12.5. The summed E-state index contributed by atoms with van der Waals surface area (Å²) in [5.41, 5.74) is 3.01. The van der Waals surface area contributed by atoms with Crippen LogP contribution in [0.2, 0.25) is 0 Å². The van der Waals surface area contributed by atoms with E-state index in [0.29, 0.717) is 17.0 Å². The number of aromatic nitrogens is 3. The first-order valence-electron chi connectivity index (χ1n) is 8.72. The van der Waals surface area contributed by atoms with E-state index in [4.69, 9.17) is 0 Å². The monoisotopic (exact) mass is 330 g/mol. The van der Waals surface area contributed by atoms with Gasteiger partial charge < -0.3 is 5.32 Å². The van der Waals surface area contributed by atoms with Gasteiger partial charge in [0.15, 0.2) is 5.65 Å². The predicted molar refractivity (Wildman–Crippen MR) is 94.1 cm³/mol. The van der Waals surface area contributed by atoms with Crippen LogP contribution in [-0.2, 0) is 18.3 Å². The molecule has 0 aromatic carbocycles. The van der Waals surface area contributed by atoms with Crippen LogP contribution in [-0.4, -0.2) is 26.7 Å². The molecule has 1 aliphatic rings. The molecule has 1 fully saturated rings. The first-order valence-corrected chi connectivity index (χ1v) is 8.72. The summed E-state index contributed by atoms with van der Waals surface area (Å²) in [5, 5.41) is 6.50. The summed E-state index contributed by atoms with van der Waals surface area (Å²) in [6.07, 6.45) is 4.94. The third-order valence-corrected chi connectivity index (χ3v) is 5.37. The van der Waals surface area contributed by atoms with Gasteiger partial charge >= 0.3 is 0 Å². The van der Waals surface area contributed by atoms with E-state index < -0.39 is 0 Å². The first kappa shape index (κ1) is 16.7. The van der Waals surface area contributed by atoms with Crippen molar-refractivity contribution in [2.24, 2.45) is 13.0 Å². The van der Waals surface area contributed by atoms with Gasteiger partial charge in [0.25, 0.3) is 5.56 Å². The molecule has 2 N–H and O–H groups in total. The highest BCUT2D eigenvalue weighted by atomic mass is 16.1. The number of aromatic amines is 1. The van der Waals surface area contributed by atoms with Crippen molar-refractivity contribution in [3.05, 3.63) is 27.2 Å². The molecule has 1 saturated carbocycles. The number of hydrogen-bond acceptors (Lipinski definition) is 3. The molecule has 3 rings (SSSR count). The minimum atomic E-state index is -0.153. The van der Waals surface area contributed by atoms with E-state index in [0.717, 1.165) is 23.2 Å². The lowest BCUT2D eigenvalue weighted by molar-refractivity contribution is -0.121.